The van der Waals surface area contributed by atoms with E-state index in [1.807, 2.05) is 0 Å². The van der Waals surface area contributed by atoms with Crippen LogP contribution in [-0.4, -0.2) is 24.1 Å². The lowest BCUT2D eigenvalue weighted by Crippen LogP contribution is -2.04. The number of hydrogen-bond acceptors (Lipinski definition) is 4. The Morgan fingerprint density at radius 2 is 1.42 bits per heavy atom. The van der Waals surface area contributed by atoms with Crippen LogP contribution in [0.4, 0.5) is 0 Å². The van der Waals surface area contributed by atoms with Gasteiger partial charge in [-0.15, -0.1) is 0 Å². The second kappa shape index (κ2) is 8.02. The summed E-state index contributed by atoms with van der Waals surface area (Å²) in [5.74, 6) is -0.555. The highest BCUT2D eigenvalue weighted by Gasteiger charge is 2.06. The molecule has 2 aromatic carbocycles. The average molecular weight is 322 g/mol. The number of allylic oxidation sites excluding steroid dienone is 1. The highest BCUT2D eigenvalue weighted by atomic mass is 16.5. The van der Waals surface area contributed by atoms with Crippen LogP contribution in [0, 0.1) is 0 Å². The van der Waals surface area contributed by atoms with Crippen LogP contribution in [0.15, 0.2) is 54.6 Å². The minimum Gasteiger partial charge on any atom is -0.462 e. The Kier molecular flexibility index (Phi) is 5.79. The average Bonchev–Trinajstić information content (AvgIpc) is 2.60. The van der Waals surface area contributed by atoms with Gasteiger partial charge in [0.1, 0.15) is 0 Å². The number of benzene rings is 2. The van der Waals surface area contributed by atoms with Crippen molar-refractivity contribution in [2.24, 2.45) is 0 Å². The van der Waals surface area contributed by atoms with E-state index in [4.69, 9.17) is 4.74 Å². The first-order valence-electron chi connectivity index (χ1n) is 7.62. The Balaban J connectivity index is 2.05. The fourth-order valence-electron chi connectivity index (χ4n) is 2.08. The third kappa shape index (κ3) is 4.49. The summed E-state index contributed by atoms with van der Waals surface area (Å²) in [5, 5.41) is 0. The van der Waals surface area contributed by atoms with Gasteiger partial charge in [0.25, 0.3) is 0 Å². The Morgan fingerprint density at radius 3 is 1.96 bits per heavy atom. The van der Waals surface area contributed by atoms with Crippen molar-refractivity contribution < 1.29 is 19.1 Å². The van der Waals surface area contributed by atoms with Gasteiger partial charge in [0, 0.05) is 11.1 Å². The van der Waals surface area contributed by atoms with Gasteiger partial charge < -0.3 is 4.74 Å². The van der Waals surface area contributed by atoms with Crippen LogP contribution >= 0.6 is 0 Å². The number of esters is 1. The molecule has 0 radical (unpaired) electrons. The molecule has 4 heteroatoms. The minimum absolute atomic E-state index is 0.0359. The normalized spacial score (nSPS) is 10.6. The predicted octanol–water partition coefficient (Wildman–Crippen LogP) is 3.96. The molecule has 0 atom stereocenters. The summed E-state index contributed by atoms with van der Waals surface area (Å²) in [7, 11) is 0. The molecule has 0 aliphatic rings. The lowest BCUT2D eigenvalue weighted by molar-refractivity contribution is 0.0526. The fraction of sp³-hybridized carbons (Fsp3) is 0.150. The predicted molar refractivity (Wildman–Crippen MR) is 92.2 cm³/mol. The molecule has 0 amide bonds. The number of carbonyl (C=O) groups excluding carboxylic acids is 3. The lowest BCUT2D eigenvalue weighted by Gasteiger charge is -2.02. The van der Waals surface area contributed by atoms with E-state index in [0.717, 1.165) is 5.56 Å². The summed E-state index contributed by atoms with van der Waals surface area (Å²) >= 11 is 0. The summed E-state index contributed by atoms with van der Waals surface area (Å²) in [4.78, 5) is 34.9. The van der Waals surface area contributed by atoms with Crippen LogP contribution < -0.4 is 0 Å². The quantitative estimate of drug-likeness (QED) is 0.459. The first-order chi connectivity index (χ1) is 11.5. The van der Waals surface area contributed by atoms with E-state index in [0.29, 0.717) is 23.3 Å². The first-order valence-corrected chi connectivity index (χ1v) is 7.62. The van der Waals surface area contributed by atoms with Crippen molar-refractivity contribution in [3.8, 4) is 0 Å². The minimum atomic E-state index is -0.366. The van der Waals surface area contributed by atoms with Gasteiger partial charge in [-0.2, -0.15) is 0 Å². The van der Waals surface area contributed by atoms with E-state index in [1.54, 1.807) is 61.5 Å². The van der Waals surface area contributed by atoms with Gasteiger partial charge in [0.05, 0.1) is 12.2 Å². The number of carbonyl (C=O) groups is 3. The number of rotatable bonds is 6. The third-order valence-corrected chi connectivity index (χ3v) is 3.42. The summed E-state index contributed by atoms with van der Waals surface area (Å²) in [6.45, 7) is 3.57. The van der Waals surface area contributed by atoms with Crippen LogP contribution in [0.2, 0.25) is 0 Å². The standard InChI is InChI=1S/C20H18O4/c1-3-24-20(23)18-7-4-15(5-8-18)6-13-19(22)17-11-9-16(10-12-17)14(2)21/h4-13H,3H2,1-2H3. The molecule has 0 unspecified atom stereocenters. The third-order valence-electron chi connectivity index (χ3n) is 3.42. The molecule has 2 aromatic rings. The molecule has 0 spiro atoms. The van der Waals surface area contributed by atoms with Crippen molar-refractivity contribution in [2.75, 3.05) is 6.61 Å². The zero-order valence-corrected chi connectivity index (χ0v) is 13.6. The molecule has 24 heavy (non-hydrogen) atoms. The van der Waals surface area contributed by atoms with Crippen LogP contribution in [-0.2, 0) is 4.74 Å². The van der Waals surface area contributed by atoms with Crippen LogP contribution in [0.25, 0.3) is 6.08 Å². The molecule has 0 N–H and O–H groups in total. The Morgan fingerprint density at radius 1 is 0.875 bits per heavy atom. The fourth-order valence-corrected chi connectivity index (χ4v) is 2.08. The van der Waals surface area contributed by atoms with Crippen molar-refractivity contribution in [2.45, 2.75) is 13.8 Å². The molecule has 0 aliphatic heterocycles. The van der Waals surface area contributed by atoms with Gasteiger partial charge in [-0.25, -0.2) is 4.79 Å². The Bertz CT molecular complexity index is 768. The maximum Gasteiger partial charge on any atom is 0.338 e. The van der Waals surface area contributed by atoms with Crippen LogP contribution in [0.3, 0.4) is 0 Å². The zero-order valence-electron chi connectivity index (χ0n) is 13.6. The highest BCUT2D eigenvalue weighted by Crippen LogP contribution is 2.10. The Labute approximate surface area is 140 Å². The SMILES string of the molecule is CCOC(=O)c1ccc(C=CC(=O)c2ccc(C(C)=O)cc2)cc1. The summed E-state index contributed by atoms with van der Waals surface area (Å²) in [6.07, 6.45) is 3.14. The van der Waals surface area contributed by atoms with Gasteiger partial charge in [0.15, 0.2) is 11.6 Å². The number of hydrogen-bond donors (Lipinski definition) is 0. The summed E-state index contributed by atoms with van der Waals surface area (Å²) in [6, 6.07) is 13.3. The van der Waals surface area contributed by atoms with E-state index in [1.165, 1.54) is 13.0 Å². The van der Waals surface area contributed by atoms with E-state index >= 15 is 0 Å². The van der Waals surface area contributed by atoms with Crippen molar-refractivity contribution in [1.29, 1.82) is 0 Å². The molecule has 0 heterocycles. The second-order valence-electron chi connectivity index (χ2n) is 5.17. The van der Waals surface area contributed by atoms with Gasteiger partial charge in [-0.3, -0.25) is 9.59 Å². The van der Waals surface area contributed by atoms with Gasteiger partial charge >= 0.3 is 5.97 Å². The smallest absolute Gasteiger partial charge is 0.338 e. The van der Waals surface area contributed by atoms with Gasteiger partial charge in [-0.1, -0.05) is 42.5 Å². The first kappa shape index (κ1) is 17.3. The molecule has 0 saturated heterocycles. The molecular weight excluding hydrogens is 304 g/mol. The van der Waals surface area contributed by atoms with E-state index in [2.05, 4.69) is 0 Å². The molecule has 0 saturated carbocycles. The van der Waals surface area contributed by atoms with E-state index in [-0.39, 0.29) is 17.5 Å². The maximum absolute atomic E-state index is 12.1. The molecule has 0 fully saturated rings. The van der Waals surface area contributed by atoms with Crippen molar-refractivity contribution in [1.82, 2.24) is 0 Å². The summed E-state index contributed by atoms with van der Waals surface area (Å²) in [5.41, 5.74) is 2.36. The topological polar surface area (TPSA) is 60.4 Å². The van der Waals surface area contributed by atoms with E-state index < -0.39 is 0 Å². The second-order valence-corrected chi connectivity index (χ2v) is 5.17. The number of ketones is 2. The van der Waals surface area contributed by atoms with Crippen LogP contribution in [0.1, 0.15) is 50.5 Å². The van der Waals surface area contributed by atoms with Crippen molar-refractivity contribution in [3.63, 3.8) is 0 Å². The number of ether oxygens (including phenoxy) is 1. The van der Waals surface area contributed by atoms with Gasteiger partial charge in [0.2, 0.25) is 0 Å². The highest BCUT2D eigenvalue weighted by molar-refractivity contribution is 6.07. The monoisotopic (exact) mass is 322 g/mol. The number of Topliss-reactive ketones (excluding diaryl/α,β-unsaturated/α-hetero) is 1. The molecular formula is C20H18O4. The van der Waals surface area contributed by atoms with E-state index in [9.17, 15) is 14.4 Å². The van der Waals surface area contributed by atoms with Crippen molar-refractivity contribution >= 4 is 23.6 Å². The zero-order chi connectivity index (χ0) is 17.5. The lowest BCUT2D eigenvalue weighted by atomic mass is 10.0. The molecule has 0 aliphatic carbocycles. The van der Waals surface area contributed by atoms with Crippen LogP contribution in [0.5, 0.6) is 0 Å². The Hall–Kier alpha value is -3.01. The molecule has 0 aromatic heterocycles. The molecule has 2 rings (SSSR count). The summed E-state index contributed by atoms with van der Waals surface area (Å²) < 4.78 is 4.92. The molecule has 0 bridgehead atoms. The van der Waals surface area contributed by atoms with Crippen molar-refractivity contribution in [3.05, 3.63) is 76.9 Å². The molecule has 4 nitrogen and oxygen atoms in total. The largest absolute Gasteiger partial charge is 0.462 e. The van der Waals surface area contributed by atoms with Gasteiger partial charge in [-0.05, 0) is 37.6 Å². The maximum atomic E-state index is 12.1. The molecule has 122 valence electrons.